The fraction of sp³-hybridized carbons (Fsp3) is 0.294. The van der Waals surface area contributed by atoms with Crippen molar-refractivity contribution in [3.05, 3.63) is 47.7 Å². The van der Waals surface area contributed by atoms with Crippen molar-refractivity contribution in [2.45, 2.75) is 33.3 Å². The molecule has 1 atom stereocenters. The van der Waals surface area contributed by atoms with Crippen LogP contribution in [0.5, 0.6) is 5.75 Å². The van der Waals surface area contributed by atoms with Crippen LogP contribution >= 0.6 is 0 Å². The first-order valence-corrected chi connectivity index (χ1v) is 7.04. The molecule has 1 heterocycles. The number of benzene rings is 1. The first kappa shape index (κ1) is 14.9. The van der Waals surface area contributed by atoms with E-state index in [-0.39, 0.29) is 6.10 Å². The van der Waals surface area contributed by atoms with E-state index in [0.717, 1.165) is 23.6 Å². The van der Waals surface area contributed by atoms with Crippen LogP contribution in [0.4, 0.5) is 11.5 Å². The average Bonchev–Trinajstić information content (AvgIpc) is 2.48. The lowest BCUT2D eigenvalue weighted by molar-refractivity contribution is 0.217. The standard InChI is InChI=1S/C17H19N3O/c1-4-13(3)21-16-7-5-6-15(10-16)20-17-14(11-18)9-8-12(2)19-17/h5-10,13H,4H2,1-3H3,(H,19,20). The lowest BCUT2D eigenvalue weighted by atomic mass is 10.2. The lowest BCUT2D eigenvalue weighted by Crippen LogP contribution is -2.09. The molecule has 1 aromatic heterocycles. The molecular weight excluding hydrogens is 262 g/mol. The highest BCUT2D eigenvalue weighted by Gasteiger charge is 2.06. The van der Waals surface area contributed by atoms with Crippen molar-refractivity contribution in [2.75, 3.05) is 5.32 Å². The summed E-state index contributed by atoms with van der Waals surface area (Å²) in [7, 11) is 0. The minimum absolute atomic E-state index is 0.173. The minimum atomic E-state index is 0.173. The van der Waals surface area contributed by atoms with Crippen LogP contribution in [0.2, 0.25) is 0 Å². The van der Waals surface area contributed by atoms with Crippen molar-refractivity contribution in [3.63, 3.8) is 0 Å². The molecule has 0 aliphatic carbocycles. The quantitative estimate of drug-likeness (QED) is 0.893. The van der Waals surface area contributed by atoms with Gasteiger partial charge in [0.25, 0.3) is 0 Å². The van der Waals surface area contributed by atoms with Gasteiger partial charge in [-0.25, -0.2) is 4.98 Å². The molecule has 1 unspecified atom stereocenters. The van der Waals surface area contributed by atoms with E-state index in [1.165, 1.54) is 0 Å². The Labute approximate surface area is 125 Å². The zero-order valence-electron chi connectivity index (χ0n) is 12.6. The van der Waals surface area contributed by atoms with Crippen molar-refractivity contribution in [3.8, 4) is 11.8 Å². The molecule has 0 fully saturated rings. The van der Waals surface area contributed by atoms with Gasteiger partial charge < -0.3 is 10.1 Å². The van der Waals surface area contributed by atoms with Crippen molar-refractivity contribution >= 4 is 11.5 Å². The Hall–Kier alpha value is -2.54. The summed E-state index contributed by atoms with van der Waals surface area (Å²) in [5.74, 6) is 1.37. The summed E-state index contributed by atoms with van der Waals surface area (Å²) in [6.45, 7) is 6.02. The maximum atomic E-state index is 9.14. The summed E-state index contributed by atoms with van der Waals surface area (Å²) >= 11 is 0. The summed E-state index contributed by atoms with van der Waals surface area (Å²) in [4.78, 5) is 4.37. The fourth-order valence-electron chi connectivity index (χ4n) is 1.84. The highest BCUT2D eigenvalue weighted by molar-refractivity contribution is 5.63. The van der Waals surface area contributed by atoms with Crippen molar-refractivity contribution in [2.24, 2.45) is 0 Å². The van der Waals surface area contributed by atoms with Gasteiger partial charge in [-0.1, -0.05) is 13.0 Å². The summed E-state index contributed by atoms with van der Waals surface area (Å²) < 4.78 is 5.80. The van der Waals surface area contributed by atoms with Gasteiger partial charge in [0.2, 0.25) is 0 Å². The van der Waals surface area contributed by atoms with Crippen LogP contribution in [0, 0.1) is 18.3 Å². The molecule has 0 amide bonds. The van der Waals surface area contributed by atoms with E-state index in [2.05, 4.69) is 23.3 Å². The van der Waals surface area contributed by atoms with E-state index < -0.39 is 0 Å². The van der Waals surface area contributed by atoms with E-state index in [9.17, 15) is 0 Å². The molecular formula is C17H19N3O. The zero-order chi connectivity index (χ0) is 15.2. The molecule has 1 aromatic carbocycles. The number of aromatic nitrogens is 1. The van der Waals surface area contributed by atoms with Crippen molar-refractivity contribution in [1.29, 1.82) is 5.26 Å². The Balaban J connectivity index is 2.22. The Morgan fingerprint density at radius 2 is 2.14 bits per heavy atom. The third kappa shape index (κ3) is 3.96. The normalized spacial score (nSPS) is 11.5. The minimum Gasteiger partial charge on any atom is -0.491 e. The predicted molar refractivity (Wildman–Crippen MR) is 83.8 cm³/mol. The number of hydrogen-bond acceptors (Lipinski definition) is 4. The zero-order valence-corrected chi connectivity index (χ0v) is 12.6. The van der Waals surface area contributed by atoms with Gasteiger partial charge >= 0.3 is 0 Å². The second-order valence-electron chi connectivity index (χ2n) is 4.95. The van der Waals surface area contributed by atoms with E-state index in [1.807, 2.05) is 44.2 Å². The molecule has 2 aromatic rings. The molecule has 0 radical (unpaired) electrons. The van der Waals surface area contributed by atoms with Gasteiger partial charge in [0.15, 0.2) is 0 Å². The Morgan fingerprint density at radius 1 is 1.33 bits per heavy atom. The second-order valence-corrected chi connectivity index (χ2v) is 4.95. The lowest BCUT2D eigenvalue weighted by Gasteiger charge is -2.14. The van der Waals surface area contributed by atoms with Gasteiger partial charge in [-0.3, -0.25) is 0 Å². The van der Waals surface area contributed by atoms with Gasteiger partial charge in [-0.15, -0.1) is 0 Å². The smallest absolute Gasteiger partial charge is 0.148 e. The molecule has 2 rings (SSSR count). The molecule has 4 heteroatoms. The van der Waals surface area contributed by atoms with Crippen LogP contribution < -0.4 is 10.1 Å². The summed E-state index contributed by atoms with van der Waals surface area (Å²) in [6.07, 6.45) is 1.13. The number of hydrogen-bond donors (Lipinski definition) is 1. The Kier molecular flexibility index (Phi) is 4.78. The highest BCUT2D eigenvalue weighted by atomic mass is 16.5. The van der Waals surface area contributed by atoms with E-state index >= 15 is 0 Å². The SMILES string of the molecule is CCC(C)Oc1cccc(Nc2nc(C)ccc2C#N)c1. The predicted octanol–water partition coefficient (Wildman–Crippen LogP) is 4.18. The van der Waals surface area contributed by atoms with Gasteiger partial charge in [0.1, 0.15) is 17.6 Å². The first-order chi connectivity index (χ1) is 10.1. The molecule has 0 saturated carbocycles. The molecule has 0 saturated heterocycles. The number of nitriles is 1. The van der Waals surface area contributed by atoms with E-state index in [1.54, 1.807) is 6.07 Å². The monoisotopic (exact) mass is 281 g/mol. The van der Waals surface area contributed by atoms with Crippen LogP contribution in [0.3, 0.4) is 0 Å². The van der Waals surface area contributed by atoms with Crippen LogP contribution in [-0.4, -0.2) is 11.1 Å². The van der Waals surface area contributed by atoms with Crippen molar-refractivity contribution in [1.82, 2.24) is 4.98 Å². The molecule has 1 N–H and O–H groups in total. The number of anilines is 2. The van der Waals surface area contributed by atoms with Crippen LogP contribution in [-0.2, 0) is 0 Å². The number of nitrogens with zero attached hydrogens (tertiary/aromatic N) is 2. The largest absolute Gasteiger partial charge is 0.491 e. The van der Waals surface area contributed by atoms with Crippen LogP contribution in [0.25, 0.3) is 0 Å². The number of nitrogens with one attached hydrogen (secondary N) is 1. The van der Waals surface area contributed by atoms with Gasteiger partial charge in [0, 0.05) is 17.4 Å². The third-order valence-electron chi connectivity index (χ3n) is 3.16. The van der Waals surface area contributed by atoms with Gasteiger partial charge in [-0.05, 0) is 44.5 Å². The number of ether oxygens (including phenoxy) is 1. The Morgan fingerprint density at radius 3 is 2.86 bits per heavy atom. The topological polar surface area (TPSA) is 57.9 Å². The fourth-order valence-corrected chi connectivity index (χ4v) is 1.84. The summed E-state index contributed by atoms with van der Waals surface area (Å²) in [5, 5.41) is 12.3. The second kappa shape index (κ2) is 6.76. The maximum Gasteiger partial charge on any atom is 0.148 e. The van der Waals surface area contributed by atoms with Crippen LogP contribution in [0.1, 0.15) is 31.5 Å². The average molecular weight is 281 g/mol. The molecule has 108 valence electrons. The van der Waals surface area contributed by atoms with Gasteiger partial charge in [-0.2, -0.15) is 5.26 Å². The summed E-state index contributed by atoms with van der Waals surface area (Å²) in [5.41, 5.74) is 2.24. The van der Waals surface area contributed by atoms with E-state index in [0.29, 0.717) is 11.4 Å². The van der Waals surface area contributed by atoms with Gasteiger partial charge in [0.05, 0.1) is 11.7 Å². The maximum absolute atomic E-state index is 9.14. The highest BCUT2D eigenvalue weighted by Crippen LogP contribution is 2.23. The van der Waals surface area contributed by atoms with Crippen LogP contribution in [0.15, 0.2) is 36.4 Å². The first-order valence-electron chi connectivity index (χ1n) is 7.04. The van der Waals surface area contributed by atoms with Crippen molar-refractivity contribution < 1.29 is 4.74 Å². The summed E-state index contributed by atoms with van der Waals surface area (Å²) in [6, 6.07) is 13.4. The Bertz CT molecular complexity index is 661. The molecule has 0 aliphatic heterocycles. The molecule has 4 nitrogen and oxygen atoms in total. The molecule has 0 spiro atoms. The number of rotatable bonds is 5. The number of pyridine rings is 1. The molecule has 0 aliphatic rings. The van der Waals surface area contributed by atoms with E-state index in [4.69, 9.17) is 10.00 Å². The number of aryl methyl sites for hydroxylation is 1. The third-order valence-corrected chi connectivity index (χ3v) is 3.16. The molecule has 21 heavy (non-hydrogen) atoms. The molecule has 0 bridgehead atoms.